The van der Waals surface area contributed by atoms with Crippen molar-refractivity contribution in [2.24, 2.45) is 0 Å². The first-order valence-electron chi connectivity index (χ1n) is 4.58. The van der Waals surface area contributed by atoms with Crippen LogP contribution in [0.25, 0.3) is 0 Å². The van der Waals surface area contributed by atoms with Crippen LogP contribution in [0.2, 0.25) is 0 Å². The summed E-state index contributed by atoms with van der Waals surface area (Å²) in [5.74, 6) is 0.848. The SMILES string of the molecule is CSc1cc(NC2CC(O)C2)ncn1. The van der Waals surface area contributed by atoms with E-state index in [1.807, 2.05) is 12.3 Å². The van der Waals surface area contributed by atoms with E-state index in [9.17, 15) is 0 Å². The maximum Gasteiger partial charge on any atom is 0.130 e. The Hall–Kier alpha value is -0.810. The fourth-order valence-corrected chi connectivity index (χ4v) is 1.83. The van der Waals surface area contributed by atoms with Crippen LogP contribution in [0.1, 0.15) is 12.8 Å². The zero-order valence-corrected chi connectivity index (χ0v) is 8.79. The first kappa shape index (κ1) is 9.73. The van der Waals surface area contributed by atoms with Crippen molar-refractivity contribution < 1.29 is 5.11 Å². The van der Waals surface area contributed by atoms with Crippen LogP contribution in [0.15, 0.2) is 17.4 Å². The Bertz CT molecular complexity index is 315. The summed E-state index contributed by atoms with van der Waals surface area (Å²) in [7, 11) is 0. The Morgan fingerprint density at radius 3 is 2.93 bits per heavy atom. The molecule has 1 aliphatic carbocycles. The standard InChI is InChI=1S/C9H13N3OS/c1-14-9-4-8(10-5-11-9)12-6-2-7(13)3-6/h4-7,13H,2-3H2,1H3,(H,10,11,12). The number of hydrogen-bond acceptors (Lipinski definition) is 5. The number of nitrogens with one attached hydrogen (secondary N) is 1. The van der Waals surface area contributed by atoms with Gasteiger partial charge in [-0.1, -0.05) is 0 Å². The smallest absolute Gasteiger partial charge is 0.130 e. The predicted molar refractivity (Wildman–Crippen MR) is 56.5 cm³/mol. The van der Waals surface area contributed by atoms with Gasteiger partial charge in [-0.05, 0) is 19.1 Å². The van der Waals surface area contributed by atoms with Gasteiger partial charge in [-0.25, -0.2) is 9.97 Å². The van der Waals surface area contributed by atoms with Crippen LogP contribution in [0, 0.1) is 0 Å². The fraction of sp³-hybridized carbons (Fsp3) is 0.556. The summed E-state index contributed by atoms with van der Waals surface area (Å²) in [6.07, 6.45) is 5.05. The molecule has 2 rings (SSSR count). The highest BCUT2D eigenvalue weighted by molar-refractivity contribution is 7.98. The number of nitrogens with zero attached hydrogens (tertiary/aromatic N) is 2. The molecule has 0 atom stereocenters. The van der Waals surface area contributed by atoms with Crippen LogP contribution >= 0.6 is 11.8 Å². The van der Waals surface area contributed by atoms with E-state index in [0.717, 1.165) is 23.7 Å². The van der Waals surface area contributed by atoms with Crippen LogP contribution in [0.4, 0.5) is 5.82 Å². The summed E-state index contributed by atoms with van der Waals surface area (Å²) in [6, 6.07) is 2.30. The minimum atomic E-state index is -0.130. The highest BCUT2D eigenvalue weighted by atomic mass is 32.2. The second-order valence-electron chi connectivity index (χ2n) is 3.41. The third-order valence-corrected chi connectivity index (χ3v) is 2.96. The van der Waals surface area contributed by atoms with Crippen molar-refractivity contribution in [3.63, 3.8) is 0 Å². The molecule has 1 aromatic rings. The van der Waals surface area contributed by atoms with Gasteiger partial charge in [0.15, 0.2) is 0 Å². The Morgan fingerprint density at radius 1 is 1.50 bits per heavy atom. The molecule has 14 heavy (non-hydrogen) atoms. The number of thioether (sulfide) groups is 1. The molecular formula is C9H13N3OS. The highest BCUT2D eigenvalue weighted by Gasteiger charge is 2.27. The topological polar surface area (TPSA) is 58.0 Å². The monoisotopic (exact) mass is 211 g/mol. The Balaban J connectivity index is 1.95. The first-order chi connectivity index (χ1) is 6.78. The van der Waals surface area contributed by atoms with Crippen molar-refractivity contribution in [2.45, 2.75) is 30.0 Å². The van der Waals surface area contributed by atoms with E-state index in [1.54, 1.807) is 18.1 Å². The molecule has 0 radical (unpaired) electrons. The molecule has 1 aliphatic rings. The molecule has 1 saturated carbocycles. The molecule has 2 N–H and O–H groups in total. The third-order valence-electron chi connectivity index (χ3n) is 2.32. The van der Waals surface area contributed by atoms with Gasteiger partial charge < -0.3 is 10.4 Å². The van der Waals surface area contributed by atoms with E-state index in [2.05, 4.69) is 15.3 Å². The van der Waals surface area contributed by atoms with Crippen LogP contribution < -0.4 is 5.32 Å². The van der Waals surface area contributed by atoms with Gasteiger partial charge >= 0.3 is 0 Å². The highest BCUT2D eigenvalue weighted by Crippen LogP contribution is 2.23. The second-order valence-corrected chi connectivity index (χ2v) is 4.24. The zero-order valence-electron chi connectivity index (χ0n) is 7.97. The normalized spacial score (nSPS) is 25.6. The lowest BCUT2D eigenvalue weighted by atomic mass is 9.89. The number of aliphatic hydroxyl groups excluding tert-OH is 1. The summed E-state index contributed by atoms with van der Waals surface area (Å²) in [4.78, 5) is 8.20. The van der Waals surface area contributed by atoms with Gasteiger partial charge in [0, 0.05) is 12.1 Å². The maximum atomic E-state index is 9.12. The van der Waals surface area contributed by atoms with Crippen LogP contribution in [-0.2, 0) is 0 Å². The van der Waals surface area contributed by atoms with E-state index in [-0.39, 0.29) is 6.10 Å². The van der Waals surface area contributed by atoms with Gasteiger partial charge in [-0.2, -0.15) is 0 Å². The Labute approximate surface area is 87.2 Å². The van der Waals surface area contributed by atoms with Gasteiger partial charge in [0.05, 0.1) is 6.10 Å². The molecule has 0 amide bonds. The average Bonchev–Trinajstić information content (AvgIpc) is 2.16. The van der Waals surface area contributed by atoms with Crippen molar-refractivity contribution >= 4 is 17.6 Å². The zero-order chi connectivity index (χ0) is 9.97. The van der Waals surface area contributed by atoms with Crippen molar-refractivity contribution in [2.75, 3.05) is 11.6 Å². The first-order valence-corrected chi connectivity index (χ1v) is 5.81. The molecule has 1 fully saturated rings. The molecule has 76 valence electrons. The molecule has 0 bridgehead atoms. The van der Waals surface area contributed by atoms with Crippen molar-refractivity contribution in [1.82, 2.24) is 9.97 Å². The van der Waals surface area contributed by atoms with Crippen LogP contribution in [-0.4, -0.2) is 33.5 Å². The lowest BCUT2D eigenvalue weighted by Crippen LogP contribution is -2.39. The quantitative estimate of drug-likeness (QED) is 0.580. The molecule has 0 spiro atoms. The molecule has 4 nitrogen and oxygen atoms in total. The summed E-state index contributed by atoms with van der Waals surface area (Å²) < 4.78 is 0. The predicted octanol–water partition coefficient (Wildman–Crippen LogP) is 1.13. The van der Waals surface area contributed by atoms with E-state index < -0.39 is 0 Å². The Kier molecular flexibility index (Phi) is 2.88. The Morgan fingerprint density at radius 2 is 2.29 bits per heavy atom. The van der Waals surface area contributed by atoms with Gasteiger partial charge in [0.1, 0.15) is 17.2 Å². The maximum absolute atomic E-state index is 9.12. The van der Waals surface area contributed by atoms with Gasteiger partial charge in [0.2, 0.25) is 0 Å². The van der Waals surface area contributed by atoms with E-state index >= 15 is 0 Å². The molecule has 0 saturated heterocycles. The number of anilines is 1. The van der Waals surface area contributed by atoms with Gasteiger partial charge in [0.25, 0.3) is 0 Å². The molecule has 0 aliphatic heterocycles. The summed E-state index contributed by atoms with van der Waals surface area (Å²) in [5.41, 5.74) is 0. The van der Waals surface area contributed by atoms with Crippen LogP contribution in [0.3, 0.4) is 0 Å². The van der Waals surface area contributed by atoms with Crippen molar-refractivity contribution in [3.05, 3.63) is 12.4 Å². The fourth-order valence-electron chi connectivity index (χ4n) is 1.44. The molecule has 0 unspecified atom stereocenters. The largest absolute Gasteiger partial charge is 0.393 e. The van der Waals surface area contributed by atoms with E-state index in [1.165, 1.54) is 0 Å². The minimum absolute atomic E-state index is 0.130. The van der Waals surface area contributed by atoms with Crippen molar-refractivity contribution in [3.8, 4) is 0 Å². The lowest BCUT2D eigenvalue weighted by molar-refractivity contribution is 0.0835. The molecule has 1 heterocycles. The summed E-state index contributed by atoms with van der Waals surface area (Å²) in [6.45, 7) is 0. The minimum Gasteiger partial charge on any atom is -0.393 e. The number of hydrogen-bond donors (Lipinski definition) is 2. The molecule has 1 aromatic heterocycles. The molecule has 0 aromatic carbocycles. The van der Waals surface area contributed by atoms with Gasteiger partial charge in [-0.15, -0.1) is 11.8 Å². The van der Waals surface area contributed by atoms with Gasteiger partial charge in [-0.3, -0.25) is 0 Å². The number of rotatable bonds is 3. The average molecular weight is 211 g/mol. The molecule has 5 heteroatoms. The molecular weight excluding hydrogens is 198 g/mol. The van der Waals surface area contributed by atoms with Crippen LogP contribution in [0.5, 0.6) is 0 Å². The number of aliphatic hydroxyl groups is 1. The second kappa shape index (κ2) is 4.14. The summed E-state index contributed by atoms with van der Waals surface area (Å²) >= 11 is 1.60. The number of aromatic nitrogens is 2. The lowest BCUT2D eigenvalue weighted by Gasteiger charge is -2.32. The third kappa shape index (κ3) is 2.16. The van der Waals surface area contributed by atoms with E-state index in [0.29, 0.717) is 6.04 Å². The summed E-state index contributed by atoms with van der Waals surface area (Å²) in [5, 5.41) is 13.3. The van der Waals surface area contributed by atoms with Crippen molar-refractivity contribution in [1.29, 1.82) is 0 Å². The van der Waals surface area contributed by atoms with E-state index in [4.69, 9.17) is 5.11 Å².